The smallest absolute Gasteiger partial charge is 0.0608 e. The van der Waals surface area contributed by atoms with Crippen molar-refractivity contribution in [2.45, 2.75) is 51.5 Å². The number of aliphatic hydroxyl groups is 1. The third-order valence-corrected chi connectivity index (χ3v) is 3.78. The van der Waals surface area contributed by atoms with Crippen molar-refractivity contribution in [2.75, 3.05) is 26.2 Å². The molecule has 1 aliphatic heterocycles. The molecule has 2 atom stereocenters. The number of unbranched alkanes of at least 4 members (excludes halogenated alkanes) is 1. The van der Waals surface area contributed by atoms with Crippen molar-refractivity contribution in [1.29, 1.82) is 0 Å². The lowest BCUT2D eigenvalue weighted by atomic mass is 9.97. The van der Waals surface area contributed by atoms with Crippen LogP contribution in [0.1, 0.15) is 46.0 Å². The molecule has 0 aromatic carbocycles. The van der Waals surface area contributed by atoms with Gasteiger partial charge in [0.2, 0.25) is 0 Å². The van der Waals surface area contributed by atoms with Crippen LogP contribution in [0.3, 0.4) is 0 Å². The highest BCUT2D eigenvalue weighted by molar-refractivity contribution is 4.78. The number of nitrogens with two attached hydrogens (primary N) is 1. The van der Waals surface area contributed by atoms with E-state index in [4.69, 9.17) is 10.8 Å². The third-order valence-electron chi connectivity index (χ3n) is 3.78. The van der Waals surface area contributed by atoms with Crippen LogP contribution < -0.4 is 5.73 Å². The summed E-state index contributed by atoms with van der Waals surface area (Å²) in [4.78, 5) is 2.57. The van der Waals surface area contributed by atoms with Gasteiger partial charge in [-0.2, -0.15) is 0 Å². The monoisotopic (exact) mass is 228 g/mol. The molecule has 3 nitrogen and oxygen atoms in total. The van der Waals surface area contributed by atoms with Gasteiger partial charge in [0, 0.05) is 12.1 Å². The molecular weight excluding hydrogens is 200 g/mol. The minimum atomic E-state index is -0.378. The molecule has 0 radical (unpaired) electrons. The van der Waals surface area contributed by atoms with Crippen molar-refractivity contribution in [3.05, 3.63) is 0 Å². The van der Waals surface area contributed by atoms with Crippen molar-refractivity contribution in [3.8, 4) is 0 Å². The van der Waals surface area contributed by atoms with E-state index in [2.05, 4.69) is 11.8 Å². The Morgan fingerprint density at radius 3 is 2.75 bits per heavy atom. The Kier molecular flexibility index (Phi) is 5.73. The van der Waals surface area contributed by atoms with Gasteiger partial charge in [-0.25, -0.2) is 0 Å². The van der Waals surface area contributed by atoms with Crippen LogP contribution in [0.2, 0.25) is 0 Å². The Balaban J connectivity index is 2.04. The van der Waals surface area contributed by atoms with E-state index < -0.39 is 0 Å². The summed E-state index contributed by atoms with van der Waals surface area (Å²) in [6.45, 7) is 8.08. The van der Waals surface area contributed by atoms with Crippen LogP contribution in [0.25, 0.3) is 0 Å². The molecule has 0 aliphatic carbocycles. The van der Waals surface area contributed by atoms with Crippen molar-refractivity contribution in [2.24, 2.45) is 11.7 Å². The van der Waals surface area contributed by atoms with E-state index in [0.29, 0.717) is 0 Å². The fourth-order valence-corrected chi connectivity index (χ4v) is 2.39. The van der Waals surface area contributed by atoms with Crippen LogP contribution in [-0.4, -0.2) is 41.8 Å². The lowest BCUT2D eigenvalue weighted by Gasteiger charge is -2.22. The molecule has 3 N–H and O–H groups in total. The highest BCUT2D eigenvalue weighted by Gasteiger charge is 2.21. The van der Waals surface area contributed by atoms with Crippen LogP contribution in [-0.2, 0) is 0 Å². The summed E-state index contributed by atoms with van der Waals surface area (Å²) in [5, 5.41) is 9.04. The van der Waals surface area contributed by atoms with Crippen molar-refractivity contribution >= 4 is 0 Å². The molecule has 0 aromatic heterocycles. The van der Waals surface area contributed by atoms with E-state index in [1.165, 1.54) is 38.9 Å². The van der Waals surface area contributed by atoms with Crippen molar-refractivity contribution in [3.63, 3.8) is 0 Å². The van der Waals surface area contributed by atoms with Gasteiger partial charge in [0.1, 0.15) is 0 Å². The number of rotatable bonds is 7. The highest BCUT2D eigenvalue weighted by atomic mass is 16.3. The van der Waals surface area contributed by atoms with E-state index in [1.807, 2.05) is 6.92 Å². The van der Waals surface area contributed by atoms with Gasteiger partial charge in [-0.15, -0.1) is 0 Å². The predicted octanol–water partition coefficient (Wildman–Crippen LogP) is 1.60. The van der Waals surface area contributed by atoms with Crippen LogP contribution >= 0.6 is 0 Å². The summed E-state index contributed by atoms with van der Waals surface area (Å²) in [5.41, 5.74) is 5.51. The fraction of sp³-hybridized carbons (Fsp3) is 1.00. The van der Waals surface area contributed by atoms with Gasteiger partial charge in [-0.1, -0.05) is 19.8 Å². The van der Waals surface area contributed by atoms with E-state index in [1.54, 1.807) is 0 Å². The van der Waals surface area contributed by atoms with E-state index in [0.717, 1.165) is 18.8 Å². The maximum Gasteiger partial charge on any atom is 0.0608 e. The second kappa shape index (κ2) is 6.58. The first-order valence-corrected chi connectivity index (χ1v) is 6.69. The minimum absolute atomic E-state index is 0.0919. The summed E-state index contributed by atoms with van der Waals surface area (Å²) in [6.07, 6.45) is 5.96. The summed E-state index contributed by atoms with van der Waals surface area (Å²) in [6, 6.07) is 0. The van der Waals surface area contributed by atoms with Crippen LogP contribution in [0.15, 0.2) is 0 Å². The SMILES string of the molecule is CCC1CCN(CCCCC(C)(N)CO)C1. The van der Waals surface area contributed by atoms with Crippen molar-refractivity contribution < 1.29 is 5.11 Å². The molecule has 1 rings (SSSR count). The first kappa shape index (κ1) is 13.9. The third kappa shape index (κ3) is 4.81. The lowest BCUT2D eigenvalue weighted by Crippen LogP contribution is -2.40. The van der Waals surface area contributed by atoms with E-state index in [-0.39, 0.29) is 12.1 Å². The zero-order valence-electron chi connectivity index (χ0n) is 10.9. The average Bonchev–Trinajstić information content (AvgIpc) is 2.72. The molecule has 1 heterocycles. The summed E-state index contributed by atoms with van der Waals surface area (Å²) < 4.78 is 0. The summed E-state index contributed by atoms with van der Waals surface area (Å²) >= 11 is 0. The zero-order valence-corrected chi connectivity index (χ0v) is 10.9. The topological polar surface area (TPSA) is 49.5 Å². The second-order valence-electron chi connectivity index (χ2n) is 5.63. The van der Waals surface area contributed by atoms with Gasteiger partial charge in [-0.05, 0) is 45.2 Å². The minimum Gasteiger partial charge on any atom is -0.394 e. The molecule has 96 valence electrons. The highest BCUT2D eigenvalue weighted by Crippen LogP contribution is 2.19. The molecule has 16 heavy (non-hydrogen) atoms. The zero-order chi connectivity index (χ0) is 12.0. The molecular formula is C13H28N2O. The first-order valence-electron chi connectivity index (χ1n) is 6.69. The maximum atomic E-state index is 9.04. The second-order valence-corrected chi connectivity index (χ2v) is 5.63. The molecule has 3 heteroatoms. The Hall–Kier alpha value is -0.120. The maximum absolute atomic E-state index is 9.04. The average molecular weight is 228 g/mol. The number of aliphatic hydroxyl groups excluding tert-OH is 1. The Morgan fingerprint density at radius 2 is 2.19 bits per heavy atom. The molecule has 1 fully saturated rings. The van der Waals surface area contributed by atoms with Gasteiger partial charge in [0.05, 0.1) is 6.61 Å². The largest absolute Gasteiger partial charge is 0.394 e. The Morgan fingerprint density at radius 1 is 1.44 bits per heavy atom. The Labute approximate surface area is 100 Å². The van der Waals surface area contributed by atoms with Gasteiger partial charge < -0.3 is 15.7 Å². The van der Waals surface area contributed by atoms with Gasteiger partial charge in [0.25, 0.3) is 0 Å². The number of hydrogen-bond acceptors (Lipinski definition) is 3. The molecule has 1 saturated heterocycles. The van der Waals surface area contributed by atoms with Crippen LogP contribution in [0.4, 0.5) is 0 Å². The molecule has 0 aromatic rings. The quantitative estimate of drug-likeness (QED) is 0.651. The van der Waals surface area contributed by atoms with Crippen LogP contribution in [0.5, 0.6) is 0 Å². The lowest BCUT2D eigenvalue weighted by molar-refractivity contribution is 0.195. The van der Waals surface area contributed by atoms with E-state index in [9.17, 15) is 0 Å². The van der Waals surface area contributed by atoms with Crippen molar-refractivity contribution in [1.82, 2.24) is 4.90 Å². The first-order chi connectivity index (χ1) is 7.57. The molecule has 0 saturated carbocycles. The predicted molar refractivity (Wildman–Crippen MR) is 68.4 cm³/mol. The molecule has 0 bridgehead atoms. The fourth-order valence-electron chi connectivity index (χ4n) is 2.39. The Bertz CT molecular complexity index is 194. The number of hydrogen-bond donors (Lipinski definition) is 2. The molecule has 0 spiro atoms. The van der Waals surface area contributed by atoms with Gasteiger partial charge in [-0.3, -0.25) is 0 Å². The standard InChI is InChI=1S/C13H28N2O/c1-3-12-6-9-15(10-12)8-5-4-7-13(2,14)11-16/h12,16H,3-11,14H2,1-2H3. The van der Waals surface area contributed by atoms with Crippen LogP contribution in [0, 0.1) is 5.92 Å². The summed E-state index contributed by atoms with van der Waals surface area (Å²) in [5.74, 6) is 0.928. The van der Waals surface area contributed by atoms with E-state index >= 15 is 0 Å². The van der Waals surface area contributed by atoms with Gasteiger partial charge in [0.15, 0.2) is 0 Å². The normalized spacial score (nSPS) is 25.9. The summed E-state index contributed by atoms with van der Waals surface area (Å²) in [7, 11) is 0. The molecule has 0 amide bonds. The molecule has 1 aliphatic rings. The van der Waals surface area contributed by atoms with Gasteiger partial charge >= 0.3 is 0 Å². The number of likely N-dealkylation sites (tertiary alicyclic amines) is 1. The number of nitrogens with zero attached hydrogens (tertiary/aromatic N) is 1. The molecule has 2 unspecified atom stereocenters.